The summed E-state index contributed by atoms with van der Waals surface area (Å²) in [6, 6.07) is 12.5. The maximum absolute atomic E-state index is 12.8. The van der Waals surface area contributed by atoms with Crippen molar-refractivity contribution in [2.24, 2.45) is 0 Å². The molecule has 0 unspecified atom stereocenters. The van der Waals surface area contributed by atoms with Gasteiger partial charge < -0.3 is 9.84 Å². The topological polar surface area (TPSA) is 46.5 Å². The van der Waals surface area contributed by atoms with Crippen LogP contribution < -0.4 is 4.74 Å². The molecule has 0 fully saturated rings. The number of unbranched alkanes of at least 4 members (excludes halogenated alkanes) is 5. The monoisotopic (exact) mass is 382 g/mol. The molecule has 0 heterocycles. The Hall–Kier alpha value is -2.29. The van der Waals surface area contributed by atoms with Crippen LogP contribution in [-0.4, -0.2) is 17.5 Å². The van der Waals surface area contributed by atoms with E-state index >= 15 is 0 Å². The zero-order valence-corrected chi connectivity index (χ0v) is 17.8. The smallest absolute Gasteiger partial charge is 0.196 e. The van der Waals surface area contributed by atoms with Crippen molar-refractivity contribution in [2.75, 3.05) is 6.61 Å². The molecule has 0 aliphatic rings. The van der Waals surface area contributed by atoms with Crippen LogP contribution in [0.1, 0.15) is 87.7 Å². The maximum Gasteiger partial charge on any atom is 0.196 e. The summed E-state index contributed by atoms with van der Waals surface area (Å²) in [6.07, 6.45) is 7.21. The van der Waals surface area contributed by atoms with E-state index in [2.05, 4.69) is 27.7 Å². The molecule has 0 aliphatic carbocycles. The van der Waals surface area contributed by atoms with Crippen LogP contribution in [0.4, 0.5) is 0 Å². The molecule has 2 aromatic rings. The van der Waals surface area contributed by atoms with Gasteiger partial charge >= 0.3 is 0 Å². The van der Waals surface area contributed by atoms with Gasteiger partial charge in [-0.25, -0.2) is 0 Å². The van der Waals surface area contributed by atoms with Crippen molar-refractivity contribution in [3.63, 3.8) is 0 Å². The van der Waals surface area contributed by atoms with Crippen molar-refractivity contribution >= 4 is 5.78 Å². The number of phenols is 1. The van der Waals surface area contributed by atoms with Crippen molar-refractivity contribution in [1.29, 1.82) is 0 Å². The van der Waals surface area contributed by atoms with Gasteiger partial charge in [0, 0.05) is 17.2 Å². The lowest BCUT2D eigenvalue weighted by atomic mass is 9.84. The van der Waals surface area contributed by atoms with Gasteiger partial charge in [0.1, 0.15) is 11.5 Å². The van der Waals surface area contributed by atoms with Crippen molar-refractivity contribution in [3.05, 3.63) is 59.2 Å². The molecular formula is C25H34O3. The van der Waals surface area contributed by atoms with E-state index in [0.29, 0.717) is 23.5 Å². The van der Waals surface area contributed by atoms with E-state index in [9.17, 15) is 9.90 Å². The fourth-order valence-electron chi connectivity index (χ4n) is 3.27. The Morgan fingerprint density at radius 2 is 1.61 bits per heavy atom. The van der Waals surface area contributed by atoms with Gasteiger partial charge in [0.15, 0.2) is 5.78 Å². The first-order valence-electron chi connectivity index (χ1n) is 10.4. The Balaban J connectivity index is 2.16. The zero-order chi connectivity index (χ0) is 20.6. The minimum absolute atomic E-state index is 0.0280. The Morgan fingerprint density at radius 3 is 2.25 bits per heavy atom. The molecule has 1 N–H and O–H groups in total. The summed E-state index contributed by atoms with van der Waals surface area (Å²) in [5.41, 5.74) is 1.63. The third-order valence-corrected chi connectivity index (χ3v) is 4.94. The van der Waals surface area contributed by atoms with E-state index in [4.69, 9.17) is 4.74 Å². The lowest BCUT2D eigenvalue weighted by Crippen LogP contribution is -2.15. The zero-order valence-electron chi connectivity index (χ0n) is 17.8. The van der Waals surface area contributed by atoms with Crippen molar-refractivity contribution < 1.29 is 14.6 Å². The highest BCUT2D eigenvalue weighted by Crippen LogP contribution is 2.37. The lowest BCUT2D eigenvalue weighted by Gasteiger charge is -2.24. The molecule has 0 spiro atoms. The first kappa shape index (κ1) is 22.0. The molecule has 3 nitrogen and oxygen atoms in total. The summed E-state index contributed by atoms with van der Waals surface area (Å²) in [5.74, 6) is 0.467. The average Bonchev–Trinajstić information content (AvgIpc) is 2.66. The summed E-state index contributed by atoms with van der Waals surface area (Å²) in [7, 11) is 0. The third kappa shape index (κ3) is 6.12. The Morgan fingerprint density at radius 1 is 0.964 bits per heavy atom. The van der Waals surface area contributed by atoms with E-state index in [1.807, 2.05) is 18.2 Å². The second-order valence-electron chi connectivity index (χ2n) is 8.43. The molecule has 0 aliphatic heterocycles. The number of phenolic OH excluding ortho intramolecular Hbond substituents is 1. The van der Waals surface area contributed by atoms with Crippen LogP contribution in [0, 0.1) is 0 Å². The first-order chi connectivity index (χ1) is 13.3. The lowest BCUT2D eigenvalue weighted by molar-refractivity contribution is 0.103. The number of carbonyl (C=O) groups excluding carboxylic acids is 1. The molecule has 0 saturated heterocycles. The summed E-state index contributed by atoms with van der Waals surface area (Å²) >= 11 is 0. The molecule has 28 heavy (non-hydrogen) atoms. The summed E-state index contributed by atoms with van der Waals surface area (Å²) in [6.45, 7) is 9.12. The first-order valence-corrected chi connectivity index (χ1v) is 10.4. The molecule has 3 heteroatoms. The van der Waals surface area contributed by atoms with E-state index in [-0.39, 0.29) is 16.9 Å². The standard InChI is InChI=1S/C25H34O3/c1-5-6-7-8-9-13-16-28-23-18-22(26)20(17-21(23)25(2,3)4)24(27)19-14-11-10-12-15-19/h10-12,14-15,17-18,26H,5-9,13,16H2,1-4H3. The molecular weight excluding hydrogens is 348 g/mol. The Kier molecular flexibility index (Phi) is 8.10. The van der Waals surface area contributed by atoms with Gasteiger partial charge in [-0.2, -0.15) is 0 Å². The Labute approximate surface area is 169 Å². The molecule has 2 rings (SSSR count). The van der Waals surface area contributed by atoms with Crippen LogP contribution in [0.2, 0.25) is 0 Å². The van der Waals surface area contributed by atoms with Crippen molar-refractivity contribution in [2.45, 2.75) is 71.6 Å². The number of rotatable bonds is 10. The van der Waals surface area contributed by atoms with Crippen LogP contribution in [0.3, 0.4) is 0 Å². The van der Waals surface area contributed by atoms with Crippen molar-refractivity contribution in [3.8, 4) is 11.5 Å². The third-order valence-electron chi connectivity index (χ3n) is 4.94. The Bertz CT molecular complexity index is 757. The minimum atomic E-state index is -0.199. The van der Waals surface area contributed by atoms with Gasteiger partial charge in [0.25, 0.3) is 0 Å². The number of aromatic hydroxyl groups is 1. The van der Waals surface area contributed by atoms with E-state index in [0.717, 1.165) is 18.4 Å². The van der Waals surface area contributed by atoms with Gasteiger partial charge in [-0.1, -0.05) is 90.1 Å². The van der Waals surface area contributed by atoms with Gasteiger partial charge in [0.05, 0.1) is 12.2 Å². The summed E-state index contributed by atoms with van der Waals surface area (Å²) in [5, 5.41) is 10.5. The van der Waals surface area contributed by atoms with Crippen LogP contribution in [0.15, 0.2) is 42.5 Å². The fraction of sp³-hybridized carbons (Fsp3) is 0.480. The van der Waals surface area contributed by atoms with E-state index < -0.39 is 0 Å². The average molecular weight is 383 g/mol. The second-order valence-corrected chi connectivity index (χ2v) is 8.43. The minimum Gasteiger partial charge on any atom is -0.507 e. The van der Waals surface area contributed by atoms with Crippen molar-refractivity contribution in [1.82, 2.24) is 0 Å². The molecule has 0 atom stereocenters. The van der Waals surface area contributed by atoms with Gasteiger partial charge in [0.2, 0.25) is 0 Å². The van der Waals surface area contributed by atoms with E-state index in [1.165, 1.54) is 25.7 Å². The van der Waals surface area contributed by atoms with Gasteiger partial charge in [-0.3, -0.25) is 4.79 Å². The highest BCUT2D eigenvalue weighted by Gasteiger charge is 2.24. The quantitative estimate of drug-likeness (QED) is 0.369. The fourth-order valence-corrected chi connectivity index (χ4v) is 3.27. The predicted molar refractivity (Wildman–Crippen MR) is 116 cm³/mol. The van der Waals surface area contributed by atoms with Crippen LogP contribution in [0.5, 0.6) is 11.5 Å². The van der Waals surface area contributed by atoms with E-state index in [1.54, 1.807) is 24.3 Å². The molecule has 0 bridgehead atoms. The molecule has 152 valence electrons. The second kappa shape index (κ2) is 10.3. The number of benzene rings is 2. The molecule has 0 amide bonds. The van der Waals surface area contributed by atoms with Gasteiger partial charge in [-0.05, 0) is 17.9 Å². The molecule has 0 saturated carbocycles. The summed E-state index contributed by atoms with van der Waals surface area (Å²) < 4.78 is 6.02. The number of ether oxygens (including phenoxy) is 1. The highest BCUT2D eigenvalue weighted by atomic mass is 16.5. The molecule has 2 aromatic carbocycles. The SMILES string of the molecule is CCCCCCCCOc1cc(O)c(C(=O)c2ccccc2)cc1C(C)(C)C. The number of carbonyl (C=O) groups is 1. The normalized spacial score (nSPS) is 11.4. The molecule has 0 aromatic heterocycles. The maximum atomic E-state index is 12.8. The number of hydrogen-bond donors (Lipinski definition) is 1. The summed E-state index contributed by atoms with van der Waals surface area (Å²) in [4.78, 5) is 12.8. The highest BCUT2D eigenvalue weighted by molar-refractivity contribution is 6.10. The van der Waals surface area contributed by atoms with Gasteiger partial charge in [-0.15, -0.1) is 0 Å². The number of ketones is 1. The van der Waals surface area contributed by atoms with Crippen LogP contribution in [0.25, 0.3) is 0 Å². The largest absolute Gasteiger partial charge is 0.507 e. The van der Waals surface area contributed by atoms with Crippen LogP contribution in [-0.2, 0) is 5.41 Å². The molecule has 0 radical (unpaired) electrons. The van der Waals surface area contributed by atoms with Crippen LogP contribution >= 0.6 is 0 Å². The number of hydrogen-bond acceptors (Lipinski definition) is 3. The predicted octanol–water partition coefficient (Wildman–Crippen LogP) is 6.66.